The van der Waals surface area contributed by atoms with Crippen LogP contribution in [0.2, 0.25) is 0 Å². The maximum Gasteiger partial charge on any atom is 0.234 e. The predicted molar refractivity (Wildman–Crippen MR) is 94.1 cm³/mol. The Kier molecular flexibility index (Phi) is 4.10. The summed E-state index contributed by atoms with van der Waals surface area (Å²) in [5.74, 6) is 2.25. The van der Waals surface area contributed by atoms with Crippen molar-refractivity contribution in [3.8, 4) is 11.5 Å². The molecule has 0 radical (unpaired) electrons. The fourth-order valence-corrected chi connectivity index (χ4v) is 4.24. The van der Waals surface area contributed by atoms with Crippen LogP contribution in [0, 0.1) is 0 Å². The van der Waals surface area contributed by atoms with Gasteiger partial charge in [-0.2, -0.15) is 0 Å². The molecule has 2 aromatic rings. The number of benzene rings is 2. The molecule has 0 N–H and O–H groups in total. The molecule has 2 aliphatic rings. The molecule has 1 atom stereocenters. The molecule has 4 nitrogen and oxygen atoms in total. The van der Waals surface area contributed by atoms with E-state index >= 15 is 0 Å². The van der Waals surface area contributed by atoms with E-state index in [1.165, 1.54) is 11.1 Å². The van der Waals surface area contributed by atoms with Gasteiger partial charge in [0.25, 0.3) is 0 Å². The van der Waals surface area contributed by atoms with Gasteiger partial charge in [0.05, 0.1) is 5.75 Å². The molecule has 0 saturated carbocycles. The smallest absolute Gasteiger partial charge is 0.234 e. The van der Waals surface area contributed by atoms with Crippen LogP contribution < -0.4 is 9.47 Å². The molecule has 2 aliphatic heterocycles. The van der Waals surface area contributed by atoms with Gasteiger partial charge in [-0.05, 0) is 35.2 Å². The highest BCUT2D eigenvalue weighted by Crippen LogP contribution is 2.40. The fraction of sp³-hybridized carbons (Fsp3) is 0.316. The Balaban J connectivity index is 1.56. The summed E-state index contributed by atoms with van der Waals surface area (Å²) in [4.78, 5) is 14.3. The minimum absolute atomic E-state index is 0.0776. The summed E-state index contributed by atoms with van der Waals surface area (Å²) in [6, 6.07) is 14.5. The molecule has 1 amide bonds. The van der Waals surface area contributed by atoms with Gasteiger partial charge in [0.1, 0.15) is 5.37 Å². The number of thioether (sulfide) groups is 1. The lowest BCUT2D eigenvalue weighted by molar-refractivity contribution is -0.128. The summed E-state index contributed by atoms with van der Waals surface area (Å²) >= 11 is 1.69. The Morgan fingerprint density at radius 2 is 1.83 bits per heavy atom. The van der Waals surface area contributed by atoms with Crippen molar-refractivity contribution in [2.45, 2.75) is 25.3 Å². The van der Waals surface area contributed by atoms with Gasteiger partial charge in [-0.15, -0.1) is 11.8 Å². The maximum atomic E-state index is 12.4. The second kappa shape index (κ2) is 6.40. The molecular weight excluding hydrogens is 322 g/mol. The van der Waals surface area contributed by atoms with Crippen LogP contribution in [0.1, 0.15) is 29.0 Å². The standard InChI is InChI=1S/C19H19NO3S/c1-2-13-3-6-15(7-4-13)19-20(18(21)11-24-19)10-14-5-8-16-17(9-14)23-12-22-16/h3-9,19H,2,10-12H2,1H3. The van der Waals surface area contributed by atoms with Crippen molar-refractivity contribution >= 4 is 17.7 Å². The Bertz CT molecular complexity index is 760. The van der Waals surface area contributed by atoms with Gasteiger partial charge in [0.2, 0.25) is 12.7 Å². The molecule has 124 valence electrons. The summed E-state index contributed by atoms with van der Waals surface area (Å²) in [6.07, 6.45) is 1.03. The van der Waals surface area contributed by atoms with Gasteiger partial charge in [0, 0.05) is 6.54 Å². The van der Waals surface area contributed by atoms with Crippen LogP contribution in [0.15, 0.2) is 42.5 Å². The average molecular weight is 341 g/mol. The highest BCUT2D eigenvalue weighted by atomic mass is 32.2. The first kappa shape index (κ1) is 15.4. The van der Waals surface area contributed by atoms with E-state index < -0.39 is 0 Å². The first-order chi connectivity index (χ1) is 11.7. The highest BCUT2D eigenvalue weighted by Gasteiger charge is 2.33. The first-order valence-electron chi connectivity index (χ1n) is 8.13. The number of carbonyl (C=O) groups excluding carboxylic acids is 1. The highest BCUT2D eigenvalue weighted by molar-refractivity contribution is 8.00. The molecule has 1 saturated heterocycles. The van der Waals surface area contributed by atoms with Gasteiger partial charge in [-0.3, -0.25) is 4.79 Å². The van der Waals surface area contributed by atoms with Gasteiger partial charge in [-0.25, -0.2) is 0 Å². The van der Waals surface area contributed by atoms with E-state index in [9.17, 15) is 4.79 Å². The number of hydrogen-bond acceptors (Lipinski definition) is 4. The van der Waals surface area contributed by atoms with Crippen molar-refractivity contribution in [3.63, 3.8) is 0 Å². The number of nitrogens with zero attached hydrogens (tertiary/aromatic N) is 1. The van der Waals surface area contributed by atoms with Crippen LogP contribution in [0.5, 0.6) is 11.5 Å². The summed E-state index contributed by atoms with van der Waals surface area (Å²) in [5.41, 5.74) is 3.56. The fourth-order valence-electron chi connectivity index (χ4n) is 3.06. The molecule has 4 rings (SSSR count). The lowest BCUT2D eigenvalue weighted by Crippen LogP contribution is -2.27. The molecule has 2 heterocycles. The van der Waals surface area contributed by atoms with E-state index in [1.54, 1.807) is 11.8 Å². The lowest BCUT2D eigenvalue weighted by atomic mass is 10.1. The van der Waals surface area contributed by atoms with Crippen LogP contribution in [0.3, 0.4) is 0 Å². The Morgan fingerprint density at radius 3 is 2.62 bits per heavy atom. The first-order valence-corrected chi connectivity index (χ1v) is 9.18. The molecule has 0 spiro atoms. The van der Waals surface area contributed by atoms with Crippen LogP contribution in [-0.2, 0) is 17.8 Å². The van der Waals surface area contributed by atoms with E-state index in [0.717, 1.165) is 23.5 Å². The second-order valence-corrected chi connectivity index (χ2v) is 7.04. The van der Waals surface area contributed by atoms with E-state index in [4.69, 9.17) is 9.47 Å². The molecule has 5 heteroatoms. The summed E-state index contributed by atoms with van der Waals surface area (Å²) in [5, 5.41) is 0.0776. The lowest BCUT2D eigenvalue weighted by Gasteiger charge is -2.24. The summed E-state index contributed by atoms with van der Waals surface area (Å²) < 4.78 is 10.8. The van der Waals surface area contributed by atoms with Crippen LogP contribution in [0.4, 0.5) is 0 Å². The van der Waals surface area contributed by atoms with Crippen molar-refractivity contribution in [2.24, 2.45) is 0 Å². The quantitative estimate of drug-likeness (QED) is 0.849. The molecule has 0 bridgehead atoms. The van der Waals surface area contributed by atoms with Crippen molar-refractivity contribution in [3.05, 3.63) is 59.2 Å². The zero-order chi connectivity index (χ0) is 16.5. The zero-order valence-corrected chi connectivity index (χ0v) is 14.3. The monoisotopic (exact) mass is 341 g/mol. The molecule has 0 aliphatic carbocycles. The van der Waals surface area contributed by atoms with Crippen molar-refractivity contribution in [1.29, 1.82) is 0 Å². The molecule has 0 aromatic heterocycles. The number of rotatable bonds is 4. The maximum absolute atomic E-state index is 12.4. The second-order valence-electron chi connectivity index (χ2n) is 5.97. The molecule has 24 heavy (non-hydrogen) atoms. The van der Waals surface area contributed by atoms with E-state index in [1.807, 2.05) is 23.1 Å². The topological polar surface area (TPSA) is 38.8 Å². The molecule has 1 fully saturated rings. The minimum Gasteiger partial charge on any atom is -0.454 e. The number of hydrogen-bond donors (Lipinski definition) is 0. The van der Waals surface area contributed by atoms with Gasteiger partial charge in [-0.1, -0.05) is 37.3 Å². The van der Waals surface area contributed by atoms with Crippen LogP contribution in [-0.4, -0.2) is 23.4 Å². The third-order valence-electron chi connectivity index (χ3n) is 4.43. The minimum atomic E-state index is 0.0776. The largest absolute Gasteiger partial charge is 0.454 e. The van der Waals surface area contributed by atoms with Crippen molar-refractivity contribution in [1.82, 2.24) is 4.90 Å². The summed E-state index contributed by atoms with van der Waals surface area (Å²) in [6.45, 7) is 3.00. The molecular formula is C19H19NO3S. The number of ether oxygens (including phenoxy) is 2. The number of fused-ring (bicyclic) bond motifs is 1. The van der Waals surface area contributed by atoms with Crippen LogP contribution >= 0.6 is 11.8 Å². The van der Waals surface area contributed by atoms with E-state index in [-0.39, 0.29) is 18.1 Å². The normalized spacial score (nSPS) is 19.1. The number of aryl methyl sites for hydroxylation is 1. The SMILES string of the molecule is CCc1ccc(C2SCC(=O)N2Cc2ccc3c(c2)OCO3)cc1. The predicted octanol–water partition coefficient (Wildman–Crippen LogP) is 3.75. The van der Waals surface area contributed by atoms with Crippen molar-refractivity contribution in [2.75, 3.05) is 12.5 Å². The van der Waals surface area contributed by atoms with E-state index in [2.05, 4.69) is 31.2 Å². The number of carbonyl (C=O) groups is 1. The Morgan fingerprint density at radius 1 is 1.08 bits per heavy atom. The van der Waals surface area contributed by atoms with Crippen molar-refractivity contribution < 1.29 is 14.3 Å². The summed E-state index contributed by atoms with van der Waals surface area (Å²) in [7, 11) is 0. The molecule has 2 aromatic carbocycles. The van der Waals surface area contributed by atoms with Crippen LogP contribution in [0.25, 0.3) is 0 Å². The third kappa shape index (κ3) is 2.84. The zero-order valence-electron chi connectivity index (χ0n) is 13.5. The molecule has 1 unspecified atom stereocenters. The van der Waals surface area contributed by atoms with E-state index in [0.29, 0.717) is 12.3 Å². The van der Waals surface area contributed by atoms with Gasteiger partial charge >= 0.3 is 0 Å². The van der Waals surface area contributed by atoms with Gasteiger partial charge in [0.15, 0.2) is 11.5 Å². The average Bonchev–Trinajstić information content (AvgIpc) is 3.22. The Labute approximate surface area is 145 Å². The third-order valence-corrected chi connectivity index (χ3v) is 5.69. The number of amides is 1. The van der Waals surface area contributed by atoms with Gasteiger partial charge < -0.3 is 14.4 Å². The Hall–Kier alpha value is -2.14.